The summed E-state index contributed by atoms with van der Waals surface area (Å²) in [7, 11) is 1.84. The molecule has 0 radical (unpaired) electrons. The van der Waals surface area contributed by atoms with Gasteiger partial charge in [0.25, 0.3) is 0 Å². The number of rotatable bonds is 5. The fraction of sp³-hybridized carbons (Fsp3) is 0.273. The summed E-state index contributed by atoms with van der Waals surface area (Å²) in [6.07, 6.45) is 2.42. The smallest absolute Gasteiger partial charge is 0.152 e. The molecule has 0 spiro atoms. The van der Waals surface area contributed by atoms with E-state index in [0.29, 0.717) is 17.2 Å². The minimum atomic E-state index is 0.296. The predicted octanol–water partition coefficient (Wildman–Crippen LogP) is 0.499. The number of anilines is 1. The number of nitrogens with two attached hydrogens (primary N) is 1. The maximum Gasteiger partial charge on any atom is 0.152 e. The molecule has 0 atom stereocenters. The molecule has 6 nitrogen and oxygen atoms in total. The van der Waals surface area contributed by atoms with Crippen LogP contribution >= 0.6 is 12.2 Å². The Bertz CT molecular complexity index is 550. The third-order valence-corrected chi connectivity index (χ3v) is 2.51. The lowest BCUT2D eigenvalue weighted by atomic mass is 10.3. The van der Waals surface area contributed by atoms with E-state index in [2.05, 4.69) is 20.4 Å². The van der Waals surface area contributed by atoms with Gasteiger partial charge in [0.15, 0.2) is 5.82 Å². The van der Waals surface area contributed by atoms with Crippen LogP contribution in [0, 0.1) is 0 Å². The van der Waals surface area contributed by atoms with Crippen LogP contribution < -0.4 is 11.1 Å². The summed E-state index contributed by atoms with van der Waals surface area (Å²) in [5, 5.41) is 7.37. The summed E-state index contributed by atoms with van der Waals surface area (Å²) in [4.78, 5) is 8.73. The molecule has 0 aromatic carbocycles. The highest BCUT2D eigenvalue weighted by Crippen LogP contribution is 2.04. The number of aryl methyl sites for hydroxylation is 1. The first-order valence-electron chi connectivity index (χ1n) is 5.50. The number of nitrogens with one attached hydrogen (secondary N) is 1. The van der Waals surface area contributed by atoms with Crippen LogP contribution in [0.5, 0.6) is 0 Å². The van der Waals surface area contributed by atoms with E-state index in [9.17, 15) is 0 Å². The number of nitrogens with zero attached hydrogens (tertiary/aromatic N) is 4. The normalized spacial score (nSPS) is 10.3. The largest absolute Gasteiger partial charge is 0.388 e. The van der Waals surface area contributed by atoms with Crippen molar-refractivity contribution in [3.05, 3.63) is 36.0 Å². The molecule has 7 heteroatoms. The summed E-state index contributed by atoms with van der Waals surface area (Å²) in [5.74, 6) is 1.55. The van der Waals surface area contributed by atoms with E-state index in [1.807, 2.05) is 19.2 Å². The van der Waals surface area contributed by atoms with Crippen molar-refractivity contribution in [3.8, 4) is 0 Å². The Morgan fingerprint density at radius 3 is 3.00 bits per heavy atom. The van der Waals surface area contributed by atoms with Crippen LogP contribution in [0.25, 0.3) is 0 Å². The molecule has 0 unspecified atom stereocenters. The first-order chi connectivity index (χ1) is 8.65. The molecule has 94 valence electrons. The highest BCUT2D eigenvalue weighted by Gasteiger charge is 2.01. The van der Waals surface area contributed by atoms with Gasteiger partial charge in [0.1, 0.15) is 17.1 Å². The van der Waals surface area contributed by atoms with Crippen molar-refractivity contribution < 1.29 is 0 Å². The summed E-state index contributed by atoms with van der Waals surface area (Å²) in [6.45, 7) is 0.706. The van der Waals surface area contributed by atoms with Gasteiger partial charge in [-0.2, -0.15) is 5.10 Å². The minimum Gasteiger partial charge on any atom is -0.388 e. The Morgan fingerprint density at radius 1 is 1.50 bits per heavy atom. The Labute approximate surface area is 110 Å². The van der Waals surface area contributed by atoms with Gasteiger partial charge in [-0.15, -0.1) is 0 Å². The van der Waals surface area contributed by atoms with Gasteiger partial charge in [0.2, 0.25) is 0 Å². The zero-order valence-electron chi connectivity index (χ0n) is 10.00. The van der Waals surface area contributed by atoms with Crippen molar-refractivity contribution >= 4 is 23.0 Å². The third-order valence-electron chi connectivity index (χ3n) is 2.30. The van der Waals surface area contributed by atoms with Gasteiger partial charge in [-0.05, 0) is 12.1 Å². The van der Waals surface area contributed by atoms with Crippen molar-refractivity contribution in [3.63, 3.8) is 0 Å². The highest BCUT2D eigenvalue weighted by atomic mass is 32.1. The first-order valence-corrected chi connectivity index (χ1v) is 5.91. The van der Waals surface area contributed by atoms with Gasteiger partial charge < -0.3 is 11.1 Å². The van der Waals surface area contributed by atoms with Crippen molar-refractivity contribution in [1.29, 1.82) is 0 Å². The van der Waals surface area contributed by atoms with E-state index < -0.39 is 0 Å². The van der Waals surface area contributed by atoms with Crippen LogP contribution in [0.3, 0.4) is 0 Å². The highest BCUT2D eigenvalue weighted by molar-refractivity contribution is 7.80. The van der Waals surface area contributed by atoms with Gasteiger partial charge in [-0.1, -0.05) is 18.3 Å². The standard InChI is InChI=1S/C11H14N6S/c1-17-7-14-10(16-17)5-6-13-9-4-2-3-8(15-9)11(12)18/h2-4,7H,5-6H2,1H3,(H2,12,18)(H,13,15). The van der Waals surface area contributed by atoms with E-state index in [1.54, 1.807) is 17.1 Å². The number of thiocarbonyl (C=S) groups is 1. The molecule has 2 heterocycles. The molecule has 2 aromatic heterocycles. The molecule has 0 bridgehead atoms. The van der Waals surface area contributed by atoms with Crippen molar-refractivity contribution in [2.45, 2.75) is 6.42 Å². The van der Waals surface area contributed by atoms with Crippen LogP contribution in [0.1, 0.15) is 11.5 Å². The second kappa shape index (κ2) is 5.54. The molecule has 18 heavy (non-hydrogen) atoms. The zero-order valence-corrected chi connectivity index (χ0v) is 10.8. The maximum absolute atomic E-state index is 5.52. The van der Waals surface area contributed by atoms with E-state index in [1.165, 1.54) is 0 Å². The summed E-state index contributed by atoms with van der Waals surface area (Å²) >= 11 is 4.88. The van der Waals surface area contributed by atoms with Gasteiger partial charge >= 0.3 is 0 Å². The topological polar surface area (TPSA) is 81.7 Å². The number of hydrogen-bond donors (Lipinski definition) is 2. The Kier molecular flexibility index (Phi) is 3.83. The van der Waals surface area contributed by atoms with Gasteiger partial charge in [-0.25, -0.2) is 9.97 Å². The molecule has 3 N–H and O–H groups in total. The monoisotopic (exact) mass is 262 g/mol. The second-order valence-corrected chi connectivity index (χ2v) is 4.22. The van der Waals surface area contributed by atoms with Crippen molar-refractivity contribution in [2.24, 2.45) is 12.8 Å². The predicted molar refractivity (Wildman–Crippen MR) is 73.3 cm³/mol. The van der Waals surface area contributed by atoms with Crippen molar-refractivity contribution in [1.82, 2.24) is 19.7 Å². The van der Waals surface area contributed by atoms with Crippen LogP contribution in [-0.2, 0) is 13.5 Å². The fourth-order valence-electron chi connectivity index (χ4n) is 1.47. The lowest BCUT2D eigenvalue weighted by molar-refractivity contribution is 0.742. The van der Waals surface area contributed by atoms with Gasteiger partial charge in [0.05, 0.1) is 5.69 Å². The van der Waals surface area contributed by atoms with E-state index in [0.717, 1.165) is 18.1 Å². The van der Waals surface area contributed by atoms with E-state index in [-0.39, 0.29) is 0 Å². The lowest BCUT2D eigenvalue weighted by Crippen LogP contribution is -2.13. The summed E-state index contributed by atoms with van der Waals surface area (Å²) in [6, 6.07) is 5.52. The van der Waals surface area contributed by atoms with Crippen LogP contribution in [0.4, 0.5) is 5.82 Å². The molecular formula is C11H14N6S. The van der Waals surface area contributed by atoms with Crippen molar-refractivity contribution in [2.75, 3.05) is 11.9 Å². The van der Waals surface area contributed by atoms with Gasteiger partial charge in [0, 0.05) is 20.0 Å². The molecule has 2 rings (SSSR count). The molecule has 0 amide bonds. The molecule has 0 saturated carbocycles. The molecular weight excluding hydrogens is 248 g/mol. The lowest BCUT2D eigenvalue weighted by Gasteiger charge is -2.05. The SMILES string of the molecule is Cn1cnc(CCNc2cccc(C(N)=S)n2)n1. The first kappa shape index (κ1) is 12.4. The third kappa shape index (κ3) is 3.24. The quantitative estimate of drug-likeness (QED) is 0.764. The molecule has 0 aliphatic carbocycles. The summed E-state index contributed by atoms with van der Waals surface area (Å²) < 4.78 is 1.68. The number of hydrogen-bond acceptors (Lipinski definition) is 5. The van der Waals surface area contributed by atoms with Crippen LogP contribution in [0.15, 0.2) is 24.5 Å². The summed E-state index contributed by atoms with van der Waals surface area (Å²) in [5.41, 5.74) is 6.14. The Morgan fingerprint density at radius 2 is 2.33 bits per heavy atom. The molecule has 0 fully saturated rings. The van der Waals surface area contributed by atoms with Gasteiger partial charge in [-0.3, -0.25) is 4.68 Å². The van der Waals surface area contributed by atoms with Crippen LogP contribution in [-0.4, -0.2) is 31.3 Å². The second-order valence-electron chi connectivity index (χ2n) is 3.78. The minimum absolute atomic E-state index is 0.296. The Hall–Kier alpha value is -2.02. The number of pyridine rings is 1. The average molecular weight is 262 g/mol. The molecule has 2 aromatic rings. The maximum atomic E-state index is 5.52. The average Bonchev–Trinajstić information content (AvgIpc) is 2.75. The molecule has 0 aliphatic rings. The van der Waals surface area contributed by atoms with E-state index >= 15 is 0 Å². The zero-order chi connectivity index (χ0) is 13.0. The molecule has 0 aliphatic heterocycles. The fourth-order valence-corrected chi connectivity index (χ4v) is 1.58. The number of aromatic nitrogens is 4. The van der Waals surface area contributed by atoms with Crippen LogP contribution in [0.2, 0.25) is 0 Å². The van der Waals surface area contributed by atoms with E-state index in [4.69, 9.17) is 18.0 Å². The molecule has 0 saturated heterocycles. The Balaban J connectivity index is 1.90.